The van der Waals surface area contributed by atoms with Crippen LogP contribution in [-0.4, -0.2) is 40.6 Å². The molecular formula is C17H22BrFN2O3. The first kappa shape index (κ1) is 18.7. The summed E-state index contributed by atoms with van der Waals surface area (Å²) in [5.41, 5.74) is 0.0608. The van der Waals surface area contributed by atoms with E-state index in [0.29, 0.717) is 36.1 Å². The Morgan fingerprint density at radius 3 is 2.54 bits per heavy atom. The molecule has 5 nitrogen and oxygen atoms in total. The molecule has 1 aliphatic heterocycles. The zero-order chi connectivity index (χ0) is 17.9. The molecule has 1 fully saturated rings. The second-order valence-electron chi connectivity index (χ2n) is 6.85. The van der Waals surface area contributed by atoms with Crippen LogP contribution in [0.4, 0.5) is 9.18 Å². The Balaban J connectivity index is 2.05. The molecule has 0 spiro atoms. The number of carbonyl (C=O) groups is 1. The maximum absolute atomic E-state index is 14.1. The van der Waals surface area contributed by atoms with Crippen molar-refractivity contribution in [3.8, 4) is 0 Å². The Hall–Kier alpha value is -1.63. The molecule has 2 rings (SSSR count). The molecule has 0 aliphatic carbocycles. The quantitative estimate of drug-likeness (QED) is 0.454. The molecule has 1 aromatic carbocycles. The second-order valence-corrected chi connectivity index (χ2v) is 7.77. The number of likely N-dealkylation sites (tertiary alicyclic amines) is 1. The monoisotopic (exact) mass is 400 g/mol. The van der Waals surface area contributed by atoms with Crippen LogP contribution in [0.2, 0.25) is 0 Å². The molecule has 0 aromatic heterocycles. The topological polar surface area (TPSA) is 62.1 Å². The maximum atomic E-state index is 14.1. The van der Waals surface area contributed by atoms with Gasteiger partial charge in [0.2, 0.25) is 0 Å². The lowest BCUT2D eigenvalue weighted by Gasteiger charge is -2.33. The molecule has 1 saturated heterocycles. The number of nitrogens with zero attached hydrogens (tertiary/aromatic N) is 2. The van der Waals surface area contributed by atoms with Crippen molar-refractivity contribution in [3.05, 3.63) is 34.1 Å². The lowest BCUT2D eigenvalue weighted by Crippen LogP contribution is -2.43. The van der Waals surface area contributed by atoms with Crippen LogP contribution in [0.1, 0.15) is 39.2 Å². The van der Waals surface area contributed by atoms with Crippen LogP contribution < -0.4 is 0 Å². The van der Waals surface area contributed by atoms with Crippen molar-refractivity contribution < 1.29 is 19.1 Å². The molecule has 0 radical (unpaired) electrons. The number of hydrogen-bond donors (Lipinski definition) is 1. The van der Waals surface area contributed by atoms with E-state index in [1.807, 2.05) is 20.8 Å². The van der Waals surface area contributed by atoms with E-state index in [4.69, 9.17) is 4.74 Å². The molecule has 1 heterocycles. The van der Waals surface area contributed by atoms with Crippen LogP contribution in [0.5, 0.6) is 0 Å². The van der Waals surface area contributed by atoms with Crippen molar-refractivity contribution in [2.45, 2.75) is 39.2 Å². The van der Waals surface area contributed by atoms with Gasteiger partial charge in [-0.2, -0.15) is 0 Å². The van der Waals surface area contributed by atoms with Crippen molar-refractivity contribution in [2.75, 3.05) is 13.1 Å². The Morgan fingerprint density at radius 2 is 2.00 bits per heavy atom. The number of oxime groups is 1. The van der Waals surface area contributed by atoms with Crippen LogP contribution in [0, 0.1) is 11.7 Å². The van der Waals surface area contributed by atoms with Crippen LogP contribution >= 0.6 is 15.9 Å². The highest BCUT2D eigenvalue weighted by atomic mass is 79.9. The molecule has 0 saturated carbocycles. The summed E-state index contributed by atoms with van der Waals surface area (Å²) in [6.07, 6.45) is 0.826. The molecule has 0 bridgehead atoms. The van der Waals surface area contributed by atoms with E-state index in [-0.39, 0.29) is 17.6 Å². The van der Waals surface area contributed by atoms with Crippen LogP contribution in [0.3, 0.4) is 0 Å². The van der Waals surface area contributed by atoms with Gasteiger partial charge in [0.15, 0.2) is 0 Å². The minimum absolute atomic E-state index is 0.113. The molecule has 1 N–H and O–H groups in total. The van der Waals surface area contributed by atoms with Gasteiger partial charge in [-0.1, -0.05) is 21.1 Å². The van der Waals surface area contributed by atoms with E-state index in [1.165, 1.54) is 6.07 Å². The zero-order valence-electron chi connectivity index (χ0n) is 14.1. The maximum Gasteiger partial charge on any atom is 0.410 e. The first-order valence-electron chi connectivity index (χ1n) is 7.86. The van der Waals surface area contributed by atoms with E-state index in [0.717, 1.165) is 0 Å². The van der Waals surface area contributed by atoms with E-state index >= 15 is 0 Å². The third kappa shape index (κ3) is 4.69. The van der Waals surface area contributed by atoms with Gasteiger partial charge < -0.3 is 14.8 Å². The second kappa shape index (κ2) is 7.51. The number of carbonyl (C=O) groups excluding carboxylic acids is 1. The standard InChI is InChI=1S/C17H22BrFN2O3/c1-17(2,3)24-16(22)21-8-6-11(7-9-21)15(20-23)13-10-12(18)4-5-14(13)19/h4-5,10-11,23H,6-9H2,1-3H3/b20-15+. The first-order valence-corrected chi connectivity index (χ1v) is 8.66. The highest BCUT2D eigenvalue weighted by Crippen LogP contribution is 2.26. The summed E-state index contributed by atoms with van der Waals surface area (Å²) in [6, 6.07) is 4.53. The molecule has 0 unspecified atom stereocenters. The number of benzene rings is 1. The van der Waals surface area contributed by atoms with Gasteiger partial charge >= 0.3 is 6.09 Å². The Bertz CT molecular complexity index is 635. The normalized spacial score (nSPS) is 17.0. The fraction of sp³-hybridized carbons (Fsp3) is 0.529. The minimum Gasteiger partial charge on any atom is -0.444 e. The number of amides is 1. The molecule has 7 heteroatoms. The van der Waals surface area contributed by atoms with Crippen LogP contribution in [0.15, 0.2) is 27.8 Å². The van der Waals surface area contributed by atoms with Gasteiger partial charge in [0.1, 0.15) is 11.4 Å². The van der Waals surface area contributed by atoms with Crippen LogP contribution in [-0.2, 0) is 4.74 Å². The van der Waals surface area contributed by atoms with Crippen LogP contribution in [0.25, 0.3) is 0 Å². The third-order valence-electron chi connectivity index (χ3n) is 3.85. The SMILES string of the molecule is CC(C)(C)OC(=O)N1CCC(/C(=N\O)c2cc(Br)ccc2F)CC1. The largest absolute Gasteiger partial charge is 0.444 e. The van der Waals surface area contributed by atoms with Crippen molar-refractivity contribution >= 4 is 27.7 Å². The fourth-order valence-electron chi connectivity index (χ4n) is 2.71. The molecule has 1 aliphatic rings. The van der Waals surface area contributed by atoms with Gasteiger partial charge in [0, 0.05) is 29.0 Å². The highest BCUT2D eigenvalue weighted by molar-refractivity contribution is 9.10. The minimum atomic E-state index is -0.537. The van der Waals surface area contributed by atoms with E-state index in [2.05, 4.69) is 21.1 Å². The summed E-state index contributed by atoms with van der Waals surface area (Å²) in [5, 5.41) is 12.7. The third-order valence-corrected chi connectivity index (χ3v) is 4.34. The number of rotatable bonds is 2. The van der Waals surface area contributed by atoms with Gasteiger partial charge in [-0.15, -0.1) is 0 Å². The summed E-state index contributed by atoms with van der Waals surface area (Å²) in [7, 11) is 0. The summed E-state index contributed by atoms with van der Waals surface area (Å²) >= 11 is 3.30. The predicted octanol–water partition coefficient (Wildman–Crippen LogP) is 4.41. The Kier molecular flexibility index (Phi) is 5.85. The average Bonchev–Trinajstić information content (AvgIpc) is 2.50. The number of piperidine rings is 1. The predicted molar refractivity (Wildman–Crippen MR) is 93.0 cm³/mol. The van der Waals surface area contributed by atoms with Crippen molar-refractivity contribution in [3.63, 3.8) is 0 Å². The zero-order valence-corrected chi connectivity index (χ0v) is 15.6. The molecular weight excluding hydrogens is 379 g/mol. The van der Waals surface area contributed by atoms with E-state index in [1.54, 1.807) is 17.0 Å². The van der Waals surface area contributed by atoms with Gasteiger partial charge in [-0.3, -0.25) is 0 Å². The van der Waals surface area contributed by atoms with E-state index in [9.17, 15) is 14.4 Å². The number of ether oxygens (including phenoxy) is 1. The molecule has 0 atom stereocenters. The van der Waals surface area contributed by atoms with E-state index < -0.39 is 11.4 Å². The smallest absolute Gasteiger partial charge is 0.410 e. The lowest BCUT2D eigenvalue weighted by atomic mass is 9.88. The fourth-order valence-corrected chi connectivity index (χ4v) is 3.07. The van der Waals surface area contributed by atoms with Crippen molar-refractivity contribution in [1.29, 1.82) is 0 Å². The lowest BCUT2D eigenvalue weighted by molar-refractivity contribution is 0.0201. The van der Waals surface area contributed by atoms with Crippen molar-refractivity contribution in [1.82, 2.24) is 4.90 Å². The molecule has 24 heavy (non-hydrogen) atoms. The summed E-state index contributed by atoms with van der Waals surface area (Å²) in [6.45, 7) is 6.43. The first-order chi connectivity index (χ1) is 11.2. The average molecular weight is 401 g/mol. The van der Waals surface area contributed by atoms with Gasteiger partial charge in [0.25, 0.3) is 0 Å². The Morgan fingerprint density at radius 1 is 1.38 bits per heavy atom. The van der Waals surface area contributed by atoms with Gasteiger partial charge in [-0.05, 0) is 51.8 Å². The Labute approximate surface area is 149 Å². The summed E-state index contributed by atoms with van der Waals surface area (Å²) in [4.78, 5) is 13.7. The van der Waals surface area contributed by atoms with Crippen molar-refractivity contribution in [2.24, 2.45) is 11.1 Å². The molecule has 1 amide bonds. The number of hydrogen-bond acceptors (Lipinski definition) is 4. The van der Waals surface area contributed by atoms with Gasteiger partial charge in [0.05, 0.1) is 5.71 Å². The highest BCUT2D eigenvalue weighted by Gasteiger charge is 2.30. The van der Waals surface area contributed by atoms with Gasteiger partial charge in [-0.25, -0.2) is 9.18 Å². The summed E-state index contributed by atoms with van der Waals surface area (Å²) < 4.78 is 20.1. The number of halogens is 2. The summed E-state index contributed by atoms with van der Waals surface area (Å²) in [5.74, 6) is -0.543. The molecule has 132 valence electrons. The molecule has 1 aromatic rings.